The van der Waals surface area contributed by atoms with E-state index >= 15 is 8.78 Å². The molecule has 0 radical (unpaired) electrons. The lowest BCUT2D eigenvalue weighted by Crippen LogP contribution is -2.13. The molecule has 6 heteroatoms. The molecule has 362 valence electrons. The summed E-state index contributed by atoms with van der Waals surface area (Å²) in [6.45, 7) is 4.50. The summed E-state index contributed by atoms with van der Waals surface area (Å²) in [5.41, 5.74) is 19.0. The van der Waals surface area contributed by atoms with Crippen LogP contribution in [-0.2, 0) is 12.8 Å². The van der Waals surface area contributed by atoms with Crippen molar-refractivity contribution in [2.45, 2.75) is 26.7 Å². The van der Waals surface area contributed by atoms with Crippen LogP contribution in [0.25, 0.3) is 132 Å². The third-order valence-electron chi connectivity index (χ3n) is 16.0. The predicted molar refractivity (Wildman–Crippen MR) is 313 cm³/mol. The molecule has 0 aliphatic rings. The van der Waals surface area contributed by atoms with Gasteiger partial charge in [-0.05, 0) is 114 Å². The fourth-order valence-corrected chi connectivity index (χ4v) is 13.1. The Balaban J connectivity index is 1.22. The maximum absolute atomic E-state index is 15.4. The minimum absolute atomic E-state index is 0.300. The normalized spacial score (nSPS) is 12.1. The molecule has 0 saturated heterocycles. The van der Waals surface area contributed by atoms with E-state index in [1.54, 1.807) is 24.3 Å². The molecule has 0 atom stereocenters. The van der Waals surface area contributed by atoms with Gasteiger partial charge in [-0.3, -0.25) is 0 Å². The van der Waals surface area contributed by atoms with E-state index in [0.717, 1.165) is 143 Å². The summed E-state index contributed by atoms with van der Waals surface area (Å²) in [7, 11) is 0. The Morgan fingerprint density at radius 1 is 0.289 bits per heavy atom. The number of fused-ring (bicyclic) bond motifs is 14. The largest absolute Gasteiger partial charge is 0.309 e. The van der Waals surface area contributed by atoms with E-state index in [4.69, 9.17) is 0 Å². The number of nitrogens with zero attached hydrogens (tertiary/aromatic N) is 4. The van der Waals surface area contributed by atoms with E-state index in [1.807, 2.05) is 24.3 Å². The summed E-state index contributed by atoms with van der Waals surface area (Å²) in [6.07, 6.45) is 1.23. The van der Waals surface area contributed by atoms with E-state index in [9.17, 15) is 0 Å². The van der Waals surface area contributed by atoms with Gasteiger partial charge in [0.25, 0.3) is 0 Å². The zero-order valence-electron chi connectivity index (χ0n) is 41.9. The van der Waals surface area contributed by atoms with Crippen molar-refractivity contribution in [3.63, 3.8) is 0 Å². The summed E-state index contributed by atoms with van der Waals surface area (Å²) < 4.78 is 40.7. The fraction of sp³-hybridized carbons (Fsp3) is 0.0571. The van der Waals surface area contributed by atoms with Crippen LogP contribution in [0.15, 0.2) is 231 Å². The molecule has 0 N–H and O–H groups in total. The lowest BCUT2D eigenvalue weighted by Gasteiger charge is -2.29. The van der Waals surface area contributed by atoms with Crippen LogP contribution in [0.4, 0.5) is 8.78 Å². The van der Waals surface area contributed by atoms with Crippen molar-refractivity contribution in [1.82, 2.24) is 18.3 Å². The summed E-state index contributed by atoms with van der Waals surface area (Å²) in [5.74, 6) is -0.601. The van der Waals surface area contributed by atoms with Crippen molar-refractivity contribution in [3.05, 3.63) is 253 Å². The van der Waals surface area contributed by atoms with Gasteiger partial charge in [-0.15, -0.1) is 0 Å². The number of hydrogen-bond donors (Lipinski definition) is 0. The number of hydrogen-bond acceptors (Lipinski definition) is 0. The van der Waals surface area contributed by atoms with Gasteiger partial charge >= 0.3 is 0 Å². The number of benzene rings is 11. The van der Waals surface area contributed by atoms with Gasteiger partial charge in [0, 0.05) is 71.2 Å². The predicted octanol–water partition coefficient (Wildman–Crippen LogP) is 18.8. The summed E-state index contributed by atoms with van der Waals surface area (Å²) >= 11 is 0. The SMILES string of the molecule is CCc1c(-c2ccc(F)cc2)c(-n2c3ccccc3c3ccc4c(c5ccccc5n4-c4ccccc4)c32)c(CC)c(-n2c3ccccc3c3ccc4c(c5ccccc5n4-c4ccccc4)c32)c1-c1ccc(F)cc1. The molecule has 0 unspecified atom stereocenters. The Bertz CT molecular complexity index is 4520. The molecule has 0 aliphatic heterocycles. The summed E-state index contributed by atoms with van der Waals surface area (Å²) in [4.78, 5) is 0. The van der Waals surface area contributed by atoms with Crippen molar-refractivity contribution in [3.8, 4) is 45.0 Å². The van der Waals surface area contributed by atoms with Crippen molar-refractivity contribution in [1.29, 1.82) is 0 Å². The Kier molecular flexibility index (Phi) is 9.85. The second-order valence-electron chi connectivity index (χ2n) is 19.9. The van der Waals surface area contributed by atoms with E-state index < -0.39 is 0 Å². The smallest absolute Gasteiger partial charge is 0.123 e. The zero-order chi connectivity index (χ0) is 50.8. The highest BCUT2D eigenvalue weighted by atomic mass is 19.1. The quantitative estimate of drug-likeness (QED) is 0.145. The molecule has 11 aromatic carbocycles. The summed E-state index contributed by atoms with van der Waals surface area (Å²) in [6, 6.07) is 79.7. The van der Waals surface area contributed by atoms with Gasteiger partial charge in [-0.2, -0.15) is 0 Å². The minimum Gasteiger partial charge on any atom is -0.309 e. The molecule has 0 amide bonds. The molecule has 4 aromatic heterocycles. The molecule has 76 heavy (non-hydrogen) atoms. The zero-order valence-corrected chi connectivity index (χ0v) is 41.9. The minimum atomic E-state index is -0.300. The van der Waals surface area contributed by atoms with Crippen LogP contribution in [0.5, 0.6) is 0 Å². The van der Waals surface area contributed by atoms with E-state index in [0.29, 0.717) is 12.8 Å². The maximum Gasteiger partial charge on any atom is 0.123 e. The van der Waals surface area contributed by atoms with Crippen molar-refractivity contribution in [2.75, 3.05) is 0 Å². The molecule has 0 spiro atoms. The van der Waals surface area contributed by atoms with Gasteiger partial charge in [-0.1, -0.05) is 159 Å². The second-order valence-corrected chi connectivity index (χ2v) is 19.9. The first-order valence-electron chi connectivity index (χ1n) is 26.3. The Hall–Kier alpha value is -9.52. The van der Waals surface area contributed by atoms with Crippen LogP contribution in [0.2, 0.25) is 0 Å². The lowest BCUT2D eigenvalue weighted by atomic mass is 9.83. The first-order chi connectivity index (χ1) is 37.5. The second kappa shape index (κ2) is 17.0. The molecule has 4 heterocycles. The lowest BCUT2D eigenvalue weighted by molar-refractivity contribution is 0.627. The van der Waals surface area contributed by atoms with E-state index in [-0.39, 0.29) is 11.6 Å². The Morgan fingerprint density at radius 2 is 0.632 bits per heavy atom. The van der Waals surface area contributed by atoms with Crippen molar-refractivity contribution in [2.24, 2.45) is 0 Å². The fourth-order valence-electron chi connectivity index (χ4n) is 13.1. The summed E-state index contributed by atoms with van der Waals surface area (Å²) in [5, 5.41) is 9.15. The monoisotopic (exact) mass is 982 g/mol. The number of halogens is 2. The molecule has 0 saturated carbocycles. The molecule has 0 bridgehead atoms. The highest BCUT2D eigenvalue weighted by Crippen LogP contribution is 2.52. The van der Waals surface area contributed by atoms with Gasteiger partial charge in [0.2, 0.25) is 0 Å². The van der Waals surface area contributed by atoms with Gasteiger partial charge in [0.05, 0.1) is 55.5 Å². The molecular weight excluding hydrogens is 935 g/mol. The molecule has 0 fully saturated rings. The van der Waals surface area contributed by atoms with Crippen LogP contribution in [0.1, 0.15) is 25.0 Å². The average Bonchev–Trinajstić information content (AvgIpc) is 4.34. The number of para-hydroxylation sites is 6. The van der Waals surface area contributed by atoms with Crippen LogP contribution in [0.3, 0.4) is 0 Å². The molecule has 15 aromatic rings. The number of rotatable bonds is 8. The highest BCUT2D eigenvalue weighted by molar-refractivity contribution is 6.28. The van der Waals surface area contributed by atoms with Gasteiger partial charge in [0.1, 0.15) is 11.6 Å². The molecule has 0 aliphatic carbocycles. The first-order valence-corrected chi connectivity index (χ1v) is 26.3. The molecule has 15 rings (SSSR count). The Labute approximate surface area is 437 Å². The maximum atomic E-state index is 15.4. The highest BCUT2D eigenvalue weighted by Gasteiger charge is 2.32. The van der Waals surface area contributed by atoms with E-state index in [2.05, 4.69) is 214 Å². The third kappa shape index (κ3) is 6.21. The topological polar surface area (TPSA) is 19.7 Å². The van der Waals surface area contributed by atoms with Crippen LogP contribution >= 0.6 is 0 Å². The van der Waals surface area contributed by atoms with Crippen LogP contribution in [-0.4, -0.2) is 18.3 Å². The molecule has 4 nitrogen and oxygen atoms in total. The van der Waals surface area contributed by atoms with E-state index in [1.165, 1.54) is 0 Å². The van der Waals surface area contributed by atoms with Crippen LogP contribution < -0.4 is 0 Å². The standard InChI is InChI=1S/C70H48F2N4/c1-3-49-63(43-31-35-45(71)36-32-43)67(75-57-27-15-11-23-51(57)53-39-41-61-65(69(53)75)55-25-13-17-29-59(55)73(61)47-19-7-5-8-20-47)50(4-2)68(64(49)44-33-37-46(72)38-34-44)76-58-28-16-12-24-52(58)54-40-42-62-66(70(54)76)56-26-14-18-30-60(56)74(62)48-21-9-6-10-22-48/h5-42H,3-4H2,1-2H3. The average molecular weight is 983 g/mol. The van der Waals surface area contributed by atoms with Crippen molar-refractivity contribution < 1.29 is 8.78 Å². The third-order valence-corrected chi connectivity index (χ3v) is 16.0. The van der Waals surface area contributed by atoms with Crippen LogP contribution in [0, 0.1) is 11.6 Å². The first kappa shape index (κ1) is 44.0. The van der Waals surface area contributed by atoms with Crippen molar-refractivity contribution >= 4 is 87.2 Å². The molecular formula is C70H48F2N4. The van der Waals surface area contributed by atoms with Gasteiger partial charge in [-0.25, -0.2) is 8.78 Å². The number of aromatic nitrogens is 4. The van der Waals surface area contributed by atoms with Gasteiger partial charge < -0.3 is 18.3 Å². The van der Waals surface area contributed by atoms with Gasteiger partial charge in [0.15, 0.2) is 0 Å². The Morgan fingerprint density at radius 3 is 1.01 bits per heavy atom.